The fraction of sp³-hybridized carbons (Fsp3) is 0.346. The van der Waals surface area contributed by atoms with Crippen molar-refractivity contribution in [3.05, 3.63) is 70.4 Å². The number of carboxylic acids is 1. The number of carbonyl (C=O) groups excluding carboxylic acids is 2. The van der Waals surface area contributed by atoms with Crippen LogP contribution in [0.15, 0.2) is 48.5 Å². The molecule has 7 nitrogen and oxygen atoms in total. The molecular formula is C26H29AsClN2O5. The number of carboxylic acid groups (broad SMARTS) is 1. The molecule has 9 heteroatoms. The van der Waals surface area contributed by atoms with Crippen LogP contribution in [-0.4, -0.2) is 50.3 Å². The summed E-state index contributed by atoms with van der Waals surface area (Å²) in [6.07, 6.45) is 0.445. The number of ether oxygens (including phenoxy) is 1. The SMILES string of the molecule is CCOC(=O)c1[nH]c2cc(Cl)ccc2c1C([As]C(CC(C)C)C(=O)O)C(=O)NCc1ccccc1. The van der Waals surface area contributed by atoms with Gasteiger partial charge in [0, 0.05) is 0 Å². The fourth-order valence-electron chi connectivity index (χ4n) is 3.85. The van der Waals surface area contributed by atoms with Crippen LogP contribution in [0.2, 0.25) is 9.73 Å². The molecule has 2 aromatic carbocycles. The van der Waals surface area contributed by atoms with E-state index in [-0.39, 0.29) is 24.1 Å². The molecule has 1 heterocycles. The average Bonchev–Trinajstić information content (AvgIpc) is 3.19. The Kier molecular flexibility index (Phi) is 9.41. The van der Waals surface area contributed by atoms with Gasteiger partial charge in [0.25, 0.3) is 0 Å². The van der Waals surface area contributed by atoms with Gasteiger partial charge in [0.15, 0.2) is 0 Å². The number of esters is 1. The van der Waals surface area contributed by atoms with E-state index in [0.29, 0.717) is 34.5 Å². The standard InChI is InChI=1S/C26H29AsClN2O5/c1-4-35-26(34)23-21(18-11-10-17(28)13-20(18)30-23)22(27-19(25(32)33)12-15(2)3)24(31)29-14-16-8-6-5-7-9-16/h5-11,13,15,19,22,30H,4,12,14H2,1-3H3,(H,29,31)(H,32,33). The maximum absolute atomic E-state index is 13.6. The van der Waals surface area contributed by atoms with Crippen LogP contribution in [0.5, 0.6) is 0 Å². The van der Waals surface area contributed by atoms with Gasteiger partial charge in [0.05, 0.1) is 0 Å². The quantitative estimate of drug-likeness (QED) is 0.227. The maximum atomic E-state index is 13.6. The summed E-state index contributed by atoms with van der Waals surface area (Å²) in [7, 11) is 0. The van der Waals surface area contributed by atoms with Crippen molar-refractivity contribution in [1.29, 1.82) is 0 Å². The number of aromatic nitrogens is 1. The summed E-state index contributed by atoms with van der Waals surface area (Å²) in [6, 6.07) is 14.6. The van der Waals surface area contributed by atoms with Crippen molar-refractivity contribution >= 4 is 56.1 Å². The fourth-order valence-corrected chi connectivity index (χ4v) is 7.53. The molecule has 185 valence electrons. The third-order valence-electron chi connectivity index (χ3n) is 5.42. The van der Waals surface area contributed by atoms with E-state index in [4.69, 9.17) is 16.3 Å². The second-order valence-electron chi connectivity index (χ2n) is 8.56. The van der Waals surface area contributed by atoms with Crippen LogP contribution in [-0.2, 0) is 20.9 Å². The molecular weight excluding hydrogens is 531 g/mol. The van der Waals surface area contributed by atoms with Crippen molar-refractivity contribution in [3.8, 4) is 0 Å². The molecule has 2 atom stereocenters. The van der Waals surface area contributed by atoms with Gasteiger partial charge in [-0.3, -0.25) is 0 Å². The first-order chi connectivity index (χ1) is 16.7. The number of nitrogens with one attached hydrogen (secondary N) is 2. The zero-order chi connectivity index (χ0) is 25.5. The van der Waals surface area contributed by atoms with Crippen molar-refractivity contribution in [2.75, 3.05) is 6.61 Å². The first-order valence-corrected chi connectivity index (χ1v) is 14.0. The van der Waals surface area contributed by atoms with Gasteiger partial charge < -0.3 is 0 Å². The van der Waals surface area contributed by atoms with E-state index in [9.17, 15) is 19.5 Å². The van der Waals surface area contributed by atoms with E-state index in [1.165, 1.54) is 0 Å². The van der Waals surface area contributed by atoms with Gasteiger partial charge in [-0.2, -0.15) is 0 Å². The second kappa shape index (κ2) is 12.3. The summed E-state index contributed by atoms with van der Waals surface area (Å²) in [4.78, 5) is 41.7. The van der Waals surface area contributed by atoms with Crippen LogP contribution in [0.1, 0.15) is 53.5 Å². The zero-order valence-electron chi connectivity index (χ0n) is 19.9. The van der Waals surface area contributed by atoms with Gasteiger partial charge in [-0.1, -0.05) is 0 Å². The van der Waals surface area contributed by atoms with Gasteiger partial charge in [0.2, 0.25) is 0 Å². The van der Waals surface area contributed by atoms with Gasteiger partial charge in [-0.15, -0.1) is 0 Å². The number of aromatic amines is 1. The minimum absolute atomic E-state index is 0.144. The summed E-state index contributed by atoms with van der Waals surface area (Å²) < 4.78 is 3.79. The van der Waals surface area contributed by atoms with Crippen LogP contribution in [0.3, 0.4) is 0 Å². The molecule has 35 heavy (non-hydrogen) atoms. The van der Waals surface area contributed by atoms with Crippen molar-refractivity contribution < 1.29 is 24.2 Å². The Morgan fingerprint density at radius 3 is 2.49 bits per heavy atom. The van der Waals surface area contributed by atoms with E-state index in [1.807, 2.05) is 44.2 Å². The molecule has 3 rings (SSSR count). The average molecular weight is 560 g/mol. The summed E-state index contributed by atoms with van der Waals surface area (Å²) in [5.41, 5.74) is 2.14. The Bertz CT molecular complexity index is 1200. The topological polar surface area (TPSA) is 108 Å². The summed E-state index contributed by atoms with van der Waals surface area (Å²) in [6.45, 7) is 6.08. The number of carbonyl (C=O) groups is 3. The molecule has 1 amide bonds. The molecule has 0 spiro atoms. The Balaban J connectivity index is 2.09. The predicted octanol–water partition coefficient (Wildman–Crippen LogP) is 4.98. The number of hydrogen-bond acceptors (Lipinski definition) is 4. The number of rotatable bonds is 11. The van der Waals surface area contributed by atoms with E-state index >= 15 is 0 Å². The van der Waals surface area contributed by atoms with Crippen molar-refractivity contribution in [1.82, 2.24) is 10.3 Å². The molecule has 1 aromatic heterocycles. The van der Waals surface area contributed by atoms with Gasteiger partial charge in [0.1, 0.15) is 0 Å². The van der Waals surface area contributed by atoms with E-state index in [1.54, 1.807) is 25.1 Å². The van der Waals surface area contributed by atoms with Crippen molar-refractivity contribution in [3.63, 3.8) is 0 Å². The van der Waals surface area contributed by atoms with Crippen LogP contribution in [0.4, 0.5) is 0 Å². The van der Waals surface area contributed by atoms with Crippen LogP contribution in [0, 0.1) is 5.92 Å². The second-order valence-corrected chi connectivity index (χ2v) is 12.0. The Labute approximate surface area is 216 Å². The summed E-state index contributed by atoms with van der Waals surface area (Å²) in [5.74, 6) is -1.69. The molecule has 3 aromatic rings. The van der Waals surface area contributed by atoms with Crippen LogP contribution in [0.25, 0.3) is 10.9 Å². The summed E-state index contributed by atoms with van der Waals surface area (Å²) >= 11 is 5.11. The first-order valence-electron chi connectivity index (χ1n) is 11.4. The van der Waals surface area contributed by atoms with Gasteiger partial charge in [-0.25, -0.2) is 0 Å². The molecule has 1 radical (unpaired) electrons. The molecule has 0 aliphatic heterocycles. The molecule has 0 saturated carbocycles. The Hall–Kier alpha value is -2.76. The Morgan fingerprint density at radius 2 is 1.86 bits per heavy atom. The molecule has 0 bridgehead atoms. The molecule has 0 saturated heterocycles. The summed E-state index contributed by atoms with van der Waals surface area (Å²) in [5, 5.41) is 14.0. The molecule has 0 aliphatic rings. The Morgan fingerprint density at radius 1 is 1.14 bits per heavy atom. The van der Waals surface area contributed by atoms with Gasteiger partial charge in [-0.05, 0) is 0 Å². The van der Waals surface area contributed by atoms with Crippen LogP contribution >= 0.6 is 11.6 Å². The predicted molar refractivity (Wildman–Crippen MR) is 137 cm³/mol. The number of amides is 1. The van der Waals surface area contributed by atoms with Crippen molar-refractivity contribution in [2.45, 2.75) is 43.1 Å². The molecule has 3 N–H and O–H groups in total. The normalized spacial score (nSPS) is 13.3. The molecule has 0 fully saturated rings. The minimum atomic E-state index is -1.07. The van der Waals surface area contributed by atoms with Crippen LogP contribution < -0.4 is 5.32 Å². The van der Waals surface area contributed by atoms with Crippen molar-refractivity contribution in [2.24, 2.45) is 5.92 Å². The first kappa shape index (κ1) is 26.8. The molecule has 2 unspecified atom stereocenters. The van der Waals surface area contributed by atoms with E-state index in [0.717, 1.165) is 5.56 Å². The van der Waals surface area contributed by atoms with E-state index in [2.05, 4.69) is 10.3 Å². The number of H-pyrrole nitrogens is 1. The third kappa shape index (κ3) is 6.89. The number of benzene rings is 2. The zero-order valence-corrected chi connectivity index (χ0v) is 22.5. The monoisotopic (exact) mass is 559 g/mol. The molecule has 0 aliphatic carbocycles. The van der Waals surface area contributed by atoms with Gasteiger partial charge >= 0.3 is 217 Å². The van der Waals surface area contributed by atoms with E-state index < -0.39 is 37.1 Å². The number of fused-ring (bicyclic) bond motifs is 1. The number of hydrogen-bond donors (Lipinski definition) is 3. The third-order valence-corrected chi connectivity index (χ3v) is 8.98. The number of halogens is 1. The number of aliphatic carboxylic acids is 1.